The van der Waals surface area contributed by atoms with Crippen molar-refractivity contribution in [1.29, 1.82) is 0 Å². The van der Waals surface area contributed by atoms with Crippen molar-refractivity contribution < 1.29 is 0 Å². The summed E-state index contributed by atoms with van der Waals surface area (Å²) >= 11 is 6.30. The van der Waals surface area contributed by atoms with Gasteiger partial charge in [-0.3, -0.25) is 0 Å². The molecule has 6 nitrogen and oxygen atoms in total. The van der Waals surface area contributed by atoms with E-state index in [0.29, 0.717) is 16.8 Å². The zero-order valence-electron chi connectivity index (χ0n) is 15.1. The number of nitrogens with one attached hydrogen (secondary N) is 1. The van der Waals surface area contributed by atoms with Gasteiger partial charge in [0.15, 0.2) is 5.82 Å². The van der Waals surface area contributed by atoms with Crippen LogP contribution in [0.2, 0.25) is 5.15 Å². The second-order valence-electron chi connectivity index (χ2n) is 7.39. The first-order valence-electron chi connectivity index (χ1n) is 8.72. The highest BCUT2D eigenvalue weighted by Crippen LogP contribution is 2.26. The highest BCUT2D eigenvalue weighted by molar-refractivity contribution is 6.30. The fourth-order valence-corrected chi connectivity index (χ4v) is 3.27. The van der Waals surface area contributed by atoms with Gasteiger partial charge in [0.25, 0.3) is 0 Å². The topological polar surface area (TPSA) is 66.8 Å². The van der Waals surface area contributed by atoms with E-state index in [1.165, 1.54) is 25.9 Å². The molecule has 3 rings (SSSR count). The molecule has 0 aromatic carbocycles. The first-order chi connectivity index (χ1) is 11.9. The molecule has 1 saturated heterocycles. The van der Waals surface area contributed by atoms with Gasteiger partial charge in [-0.05, 0) is 44.3 Å². The first-order valence-corrected chi connectivity index (χ1v) is 9.10. The van der Waals surface area contributed by atoms with E-state index in [4.69, 9.17) is 11.6 Å². The summed E-state index contributed by atoms with van der Waals surface area (Å²) in [7, 11) is 0. The standard InChI is InChI=1S/C18H25ClN6/c1-13-14(19)23-17(16-20-7-6-8-21-16)24-15(13)22-11-18(2,3)12-25-9-4-5-10-25/h6-8H,4-5,9-12H2,1-3H3,(H,22,23,24). The lowest BCUT2D eigenvalue weighted by Gasteiger charge is -2.30. The second-order valence-corrected chi connectivity index (χ2v) is 7.74. The molecule has 7 heteroatoms. The first kappa shape index (κ1) is 18.0. The molecular weight excluding hydrogens is 336 g/mol. The Morgan fingerprint density at radius 3 is 2.48 bits per heavy atom. The molecule has 134 valence electrons. The lowest BCUT2D eigenvalue weighted by Crippen LogP contribution is -2.37. The number of hydrogen-bond donors (Lipinski definition) is 1. The number of likely N-dealkylation sites (tertiary alicyclic amines) is 1. The molecule has 0 amide bonds. The van der Waals surface area contributed by atoms with E-state index in [0.717, 1.165) is 24.5 Å². The van der Waals surface area contributed by atoms with E-state index in [9.17, 15) is 0 Å². The maximum Gasteiger partial charge on any atom is 0.201 e. The Bertz CT molecular complexity index is 713. The third-order valence-corrected chi connectivity index (χ3v) is 4.80. The fourth-order valence-electron chi connectivity index (χ4n) is 3.10. The molecule has 0 radical (unpaired) electrons. The van der Waals surface area contributed by atoms with Crippen molar-refractivity contribution in [3.8, 4) is 11.6 Å². The van der Waals surface area contributed by atoms with E-state index in [2.05, 4.69) is 44.0 Å². The van der Waals surface area contributed by atoms with Crippen molar-refractivity contribution >= 4 is 17.4 Å². The van der Waals surface area contributed by atoms with Gasteiger partial charge in [0.1, 0.15) is 11.0 Å². The summed E-state index contributed by atoms with van der Waals surface area (Å²) in [5.41, 5.74) is 0.982. The van der Waals surface area contributed by atoms with Gasteiger partial charge < -0.3 is 10.2 Å². The predicted octanol–water partition coefficient (Wildman–Crippen LogP) is 3.43. The van der Waals surface area contributed by atoms with Crippen LogP contribution >= 0.6 is 11.6 Å². The Morgan fingerprint density at radius 2 is 1.80 bits per heavy atom. The quantitative estimate of drug-likeness (QED) is 0.796. The Balaban J connectivity index is 1.74. The van der Waals surface area contributed by atoms with Crippen LogP contribution in [-0.2, 0) is 0 Å². The molecule has 2 aromatic heterocycles. The molecule has 0 aliphatic carbocycles. The van der Waals surface area contributed by atoms with E-state index >= 15 is 0 Å². The average Bonchev–Trinajstić information content (AvgIpc) is 3.09. The van der Waals surface area contributed by atoms with Crippen LogP contribution in [0.3, 0.4) is 0 Å². The van der Waals surface area contributed by atoms with Gasteiger partial charge in [-0.25, -0.2) is 19.9 Å². The van der Waals surface area contributed by atoms with E-state index in [-0.39, 0.29) is 5.41 Å². The number of nitrogens with zero attached hydrogens (tertiary/aromatic N) is 5. The van der Waals surface area contributed by atoms with Crippen molar-refractivity contribution in [2.45, 2.75) is 33.6 Å². The van der Waals surface area contributed by atoms with E-state index in [1.54, 1.807) is 18.5 Å². The number of anilines is 1. The number of rotatable bonds is 6. The van der Waals surface area contributed by atoms with Gasteiger partial charge >= 0.3 is 0 Å². The molecule has 2 aromatic rings. The lowest BCUT2D eigenvalue weighted by atomic mass is 9.92. The van der Waals surface area contributed by atoms with Gasteiger partial charge in [-0.15, -0.1) is 0 Å². The summed E-state index contributed by atoms with van der Waals surface area (Å²) in [5.74, 6) is 1.66. The summed E-state index contributed by atoms with van der Waals surface area (Å²) in [6.07, 6.45) is 5.96. The van der Waals surface area contributed by atoms with Crippen molar-refractivity contribution in [2.24, 2.45) is 5.41 Å². The minimum Gasteiger partial charge on any atom is -0.369 e. The fraction of sp³-hybridized carbons (Fsp3) is 0.556. The summed E-state index contributed by atoms with van der Waals surface area (Å²) in [4.78, 5) is 19.9. The van der Waals surface area contributed by atoms with Gasteiger partial charge in [0.2, 0.25) is 5.82 Å². The highest BCUT2D eigenvalue weighted by atomic mass is 35.5. The Kier molecular flexibility index (Phi) is 5.49. The molecule has 25 heavy (non-hydrogen) atoms. The van der Waals surface area contributed by atoms with Crippen LogP contribution < -0.4 is 5.32 Å². The van der Waals surface area contributed by atoms with Crippen LogP contribution in [0, 0.1) is 12.3 Å². The van der Waals surface area contributed by atoms with Crippen LogP contribution in [0.1, 0.15) is 32.3 Å². The average molecular weight is 361 g/mol. The molecule has 1 aliphatic rings. The Hall–Kier alpha value is -1.79. The summed E-state index contributed by atoms with van der Waals surface area (Å²) in [6, 6.07) is 1.76. The number of halogens is 1. The molecule has 0 spiro atoms. The highest BCUT2D eigenvalue weighted by Gasteiger charge is 2.24. The van der Waals surface area contributed by atoms with Gasteiger partial charge in [-0.2, -0.15) is 0 Å². The summed E-state index contributed by atoms with van der Waals surface area (Å²) < 4.78 is 0. The van der Waals surface area contributed by atoms with Crippen LogP contribution in [0.25, 0.3) is 11.6 Å². The van der Waals surface area contributed by atoms with Gasteiger partial charge in [0, 0.05) is 31.0 Å². The molecule has 0 saturated carbocycles. The molecular formula is C18H25ClN6. The van der Waals surface area contributed by atoms with E-state index < -0.39 is 0 Å². The Morgan fingerprint density at radius 1 is 1.12 bits per heavy atom. The van der Waals surface area contributed by atoms with Crippen LogP contribution in [0.4, 0.5) is 5.82 Å². The molecule has 0 unspecified atom stereocenters. The molecule has 1 N–H and O–H groups in total. The third-order valence-electron chi connectivity index (χ3n) is 4.44. The largest absolute Gasteiger partial charge is 0.369 e. The minimum atomic E-state index is 0.137. The van der Waals surface area contributed by atoms with Crippen LogP contribution in [0.5, 0.6) is 0 Å². The number of hydrogen-bond acceptors (Lipinski definition) is 6. The molecule has 1 aliphatic heterocycles. The van der Waals surface area contributed by atoms with Gasteiger partial charge in [0.05, 0.1) is 0 Å². The minimum absolute atomic E-state index is 0.137. The maximum atomic E-state index is 6.30. The van der Waals surface area contributed by atoms with E-state index in [1.807, 2.05) is 6.92 Å². The van der Waals surface area contributed by atoms with Gasteiger partial charge in [-0.1, -0.05) is 25.4 Å². The van der Waals surface area contributed by atoms with Crippen LogP contribution in [-0.4, -0.2) is 51.0 Å². The lowest BCUT2D eigenvalue weighted by molar-refractivity contribution is 0.220. The smallest absolute Gasteiger partial charge is 0.201 e. The molecule has 0 atom stereocenters. The zero-order chi connectivity index (χ0) is 17.9. The second kappa shape index (κ2) is 7.62. The predicted molar refractivity (Wildman–Crippen MR) is 101 cm³/mol. The Labute approximate surface area is 154 Å². The molecule has 1 fully saturated rings. The number of aromatic nitrogens is 4. The summed E-state index contributed by atoms with van der Waals surface area (Å²) in [5, 5.41) is 3.89. The SMILES string of the molecule is Cc1c(Cl)nc(-c2ncccn2)nc1NCC(C)(C)CN1CCCC1. The molecule has 0 bridgehead atoms. The van der Waals surface area contributed by atoms with Crippen molar-refractivity contribution in [3.63, 3.8) is 0 Å². The normalized spacial score (nSPS) is 15.5. The monoisotopic (exact) mass is 360 g/mol. The van der Waals surface area contributed by atoms with Crippen LogP contribution in [0.15, 0.2) is 18.5 Å². The van der Waals surface area contributed by atoms with Crippen molar-refractivity contribution in [3.05, 3.63) is 29.2 Å². The maximum absolute atomic E-state index is 6.30. The summed E-state index contributed by atoms with van der Waals surface area (Å²) in [6.45, 7) is 10.8. The molecule has 3 heterocycles. The van der Waals surface area contributed by atoms with Crippen molar-refractivity contribution in [1.82, 2.24) is 24.8 Å². The zero-order valence-corrected chi connectivity index (χ0v) is 15.8. The van der Waals surface area contributed by atoms with Crippen molar-refractivity contribution in [2.75, 3.05) is 31.5 Å². The third kappa shape index (κ3) is 4.64.